The van der Waals surface area contributed by atoms with Crippen LogP contribution in [-0.2, 0) is 19.3 Å². The maximum Gasteiger partial charge on any atom is 0.248 e. The number of fused-ring (bicyclic) bond motifs is 1. The molecule has 1 aliphatic carbocycles. The van der Waals surface area contributed by atoms with Crippen LogP contribution in [0.2, 0.25) is 0 Å². The van der Waals surface area contributed by atoms with Crippen molar-refractivity contribution in [1.82, 2.24) is 4.98 Å². The van der Waals surface area contributed by atoms with Gasteiger partial charge in [-0.15, -0.1) is 0 Å². The number of aromatic nitrogens is 1. The van der Waals surface area contributed by atoms with E-state index in [0.29, 0.717) is 5.56 Å². The Morgan fingerprint density at radius 3 is 2.38 bits per heavy atom. The number of amides is 1. The van der Waals surface area contributed by atoms with E-state index in [2.05, 4.69) is 41.4 Å². The highest BCUT2D eigenvalue weighted by Gasteiger charge is 2.20. The van der Waals surface area contributed by atoms with Crippen LogP contribution in [0.25, 0.3) is 11.1 Å². The van der Waals surface area contributed by atoms with Crippen LogP contribution in [0.3, 0.4) is 0 Å². The second kappa shape index (κ2) is 7.12. The van der Waals surface area contributed by atoms with E-state index in [1.54, 1.807) is 6.07 Å². The highest BCUT2D eigenvalue weighted by molar-refractivity contribution is 5.94. The van der Waals surface area contributed by atoms with Crippen LogP contribution in [-0.4, -0.2) is 10.9 Å². The third-order valence-corrected chi connectivity index (χ3v) is 5.25. The van der Waals surface area contributed by atoms with E-state index in [-0.39, 0.29) is 0 Å². The van der Waals surface area contributed by atoms with Gasteiger partial charge in [0, 0.05) is 23.0 Å². The molecule has 1 heterocycles. The summed E-state index contributed by atoms with van der Waals surface area (Å²) in [5.74, 6) is 0.315. The SMILES string of the molecule is NC(=O)c1cccc(-c2ccc(CCC3Cc4ccccc4C3)nc2)c1. The number of primary amides is 1. The van der Waals surface area contributed by atoms with Gasteiger partial charge in [0.1, 0.15) is 0 Å². The van der Waals surface area contributed by atoms with Crippen LogP contribution in [0, 0.1) is 5.92 Å². The highest BCUT2D eigenvalue weighted by atomic mass is 16.1. The van der Waals surface area contributed by atoms with Gasteiger partial charge in [-0.1, -0.05) is 42.5 Å². The standard InChI is InChI=1S/C23H22N2O/c24-23(26)20-7-3-6-19(14-20)21-9-11-22(25-15-21)10-8-16-12-17-4-1-2-5-18(17)13-16/h1-7,9,11,14-16H,8,10,12-13H2,(H2,24,26). The lowest BCUT2D eigenvalue weighted by molar-refractivity contribution is 0.100. The maximum atomic E-state index is 11.3. The first-order chi connectivity index (χ1) is 12.7. The summed E-state index contributed by atoms with van der Waals surface area (Å²) in [4.78, 5) is 16.0. The Balaban J connectivity index is 1.39. The molecule has 0 spiro atoms. The molecule has 4 rings (SSSR count). The predicted octanol–water partition coefficient (Wildman–Crippen LogP) is 4.20. The summed E-state index contributed by atoms with van der Waals surface area (Å²) in [7, 11) is 0. The Labute approximate surface area is 153 Å². The van der Waals surface area contributed by atoms with Gasteiger partial charge in [-0.2, -0.15) is 0 Å². The third-order valence-electron chi connectivity index (χ3n) is 5.25. The van der Waals surface area contributed by atoms with Gasteiger partial charge in [0.05, 0.1) is 0 Å². The Bertz CT molecular complexity index is 906. The largest absolute Gasteiger partial charge is 0.366 e. The predicted molar refractivity (Wildman–Crippen MR) is 104 cm³/mol. The van der Waals surface area contributed by atoms with Crippen molar-refractivity contribution in [2.24, 2.45) is 11.7 Å². The molecule has 1 aromatic heterocycles. The summed E-state index contributed by atoms with van der Waals surface area (Å²) in [6.07, 6.45) is 6.43. The number of nitrogens with zero attached hydrogens (tertiary/aromatic N) is 1. The fraction of sp³-hybridized carbons (Fsp3) is 0.217. The molecule has 0 radical (unpaired) electrons. The topological polar surface area (TPSA) is 56.0 Å². The molecule has 130 valence electrons. The number of benzene rings is 2. The molecular formula is C23H22N2O. The van der Waals surface area contributed by atoms with E-state index in [0.717, 1.165) is 35.6 Å². The molecule has 3 heteroatoms. The minimum Gasteiger partial charge on any atom is -0.366 e. The van der Waals surface area contributed by atoms with Crippen molar-refractivity contribution in [2.45, 2.75) is 25.7 Å². The fourth-order valence-corrected chi connectivity index (χ4v) is 3.80. The minimum atomic E-state index is -0.408. The second-order valence-corrected chi connectivity index (χ2v) is 7.06. The molecule has 2 N–H and O–H groups in total. The average Bonchev–Trinajstić information content (AvgIpc) is 3.10. The van der Waals surface area contributed by atoms with Crippen LogP contribution >= 0.6 is 0 Å². The lowest BCUT2D eigenvalue weighted by atomic mass is 9.98. The van der Waals surface area contributed by atoms with Crippen molar-refractivity contribution in [3.8, 4) is 11.1 Å². The van der Waals surface area contributed by atoms with E-state index in [1.165, 1.54) is 24.0 Å². The van der Waals surface area contributed by atoms with Crippen molar-refractivity contribution in [2.75, 3.05) is 0 Å². The molecule has 1 aliphatic rings. The molecule has 2 aromatic carbocycles. The zero-order valence-electron chi connectivity index (χ0n) is 14.7. The minimum absolute atomic E-state index is 0.408. The van der Waals surface area contributed by atoms with E-state index in [4.69, 9.17) is 5.73 Å². The molecule has 0 saturated heterocycles. The Kier molecular flexibility index (Phi) is 4.53. The molecule has 0 fully saturated rings. The fourth-order valence-electron chi connectivity index (χ4n) is 3.80. The summed E-state index contributed by atoms with van der Waals surface area (Å²) in [5, 5.41) is 0. The molecular weight excluding hydrogens is 320 g/mol. The Hall–Kier alpha value is -2.94. The van der Waals surface area contributed by atoms with Gasteiger partial charge in [-0.25, -0.2) is 0 Å². The number of nitrogens with two attached hydrogens (primary N) is 1. The normalized spacial score (nSPS) is 13.5. The van der Waals surface area contributed by atoms with Crippen LogP contribution < -0.4 is 5.73 Å². The first kappa shape index (κ1) is 16.5. The van der Waals surface area contributed by atoms with Crippen molar-refractivity contribution in [3.05, 3.63) is 89.2 Å². The summed E-state index contributed by atoms with van der Waals surface area (Å²) in [6.45, 7) is 0. The number of pyridine rings is 1. The summed E-state index contributed by atoms with van der Waals surface area (Å²) in [6, 6.07) is 20.3. The second-order valence-electron chi connectivity index (χ2n) is 7.06. The number of carbonyl (C=O) groups excluding carboxylic acids is 1. The van der Waals surface area contributed by atoms with Gasteiger partial charge in [0.25, 0.3) is 0 Å². The van der Waals surface area contributed by atoms with E-state index in [9.17, 15) is 4.79 Å². The average molecular weight is 342 g/mol. The lowest BCUT2D eigenvalue weighted by Gasteiger charge is -2.09. The van der Waals surface area contributed by atoms with Crippen molar-refractivity contribution in [3.63, 3.8) is 0 Å². The van der Waals surface area contributed by atoms with Crippen LogP contribution in [0.4, 0.5) is 0 Å². The molecule has 0 aliphatic heterocycles. The molecule has 0 unspecified atom stereocenters. The molecule has 3 nitrogen and oxygen atoms in total. The van der Waals surface area contributed by atoms with E-state index >= 15 is 0 Å². The number of aryl methyl sites for hydroxylation is 1. The van der Waals surface area contributed by atoms with Gasteiger partial charge >= 0.3 is 0 Å². The monoisotopic (exact) mass is 342 g/mol. The van der Waals surface area contributed by atoms with Gasteiger partial charge < -0.3 is 5.73 Å². The van der Waals surface area contributed by atoms with Crippen molar-refractivity contribution >= 4 is 5.91 Å². The van der Waals surface area contributed by atoms with Crippen LogP contribution in [0.15, 0.2) is 66.9 Å². The number of hydrogen-bond donors (Lipinski definition) is 1. The van der Waals surface area contributed by atoms with Gasteiger partial charge in [0.2, 0.25) is 5.91 Å². The third kappa shape index (κ3) is 3.52. The van der Waals surface area contributed by atoms with Crippen LogP contribution in [0.1, 0.15) is 33.6 Å². The lowest BCUT2D eigenvalue weighted by Crippen LogP contribution is -2.10. The van der Waals surface area contributed by atoms with Crippen molar-refractivity contribution < 1.29 is 4.79 Å². The molecule has 0 bridgehead atoms. The van der Waals surface area contributed by atoms with E-state index < -0.39 is 5.91 Å². The van der Waals surface area contributed by atoms with Gasteiger partial charge in [0.15, 0.2) is 0 Å². The smallest absolute Gasteiger partial charge is 0.248 e. The van der Waals surface area contributed by atoms with Gasteiger partial charge in [-0.05, 0) is 66.5 Å². The van der Waals surface area contributed by atoms with Gasteiger partial charge in [-0.3, -0.25) is 9.78 Å². The summed E-state index contributed by atoms with van der Waals surface area (Å²) in [5.41, 5.74) is 12.0. The quantitative estimate of drug-likeness (QED) is 0.756. The Morgan fingerprint density at radius 2 is 1.73 bits per heavy atom. The Morgan fingerprint density at radius 1 is 0.962 bits per heavy atom. The highest BCUT2D eigenvalue weighted by Crippen LogP contribution is 2.29. The zero-order chi connectivity index (χ0) is 17.9. The van der Waals surface area contributed by atoms with Crippen LogP contribution in [0.5, 0.6) is 0 Å². The molecule has 1 amide bonds. The molecule has 3 aromatic rings. The number of hydrogen-bond acceptors (Lipinski definition) is 2. The number of rotatable bonds is 5. The zero-order valence-corrected chi connectivity index (χ0v) is 14.7. The van der Waals surface area contributed by atoms with E-state index in [1.807, 2.05) is 24.4 Å². The molecule has 0 atom stereocenters. The first-order valence-corrected chi connectivity index (χ1v) is 9.11. The molecule has 26 heavy (non-hydrogen) atoms. The summed E-state index contributed by atoms with van der Waals surface area (Å²) < 4.78 is 0. The molecule has 0 saturated carbocycles. The maximum absolute atomic E-state index is 11.3. The number of carbonyl (C=O) groups is 1. The first-order valence-electron chi connectivity index (χ1n) is 9.11. The van der Waals surface area contributed by atoms with Crippen molar-refractivity contribution in [1.29, 1.82) is 0 Å². The summed E-state index contributed by atoms with van der Waals surface area (Å²) >= 11 is 0.